The van der Waals surface area contributed by atoms with Gasteiger partial charge in [-0.25, -0.2) is 0 Å². The first kappa shape index (κ1) is 21.8. The normalized spacial score (nSPS) is 21.7. The van der Waals surface area contributed by atoms with E-state index in [4.69, 9.17) is 11.6 Å². The highest BCUT2D eigenvalue weighted by molar-refractivity contribution is 6.30. The smallest absolute Gasteiger partial charge is 0.272 e. The van der Waals surface area contributed by atoms with Gasteiger partial charge >= 0.3 is 0 Å². The van der Waals surface area contributed by atoms with Crippen molar-refractivity contribution >= 4 is 17.5 Å². The minimum Gasteiger partial charge on any atom is -0.394 e. The number of carbonyl (C=O) groups excluding carboxylic acids is 1. The molecule has 1 unspecified atom stereocenters. The van der Waals surface area contributed by atoms with E-state index in [1.165, 1.54) is 12.0 Å². The van der Waals surface area contributed by atoms with Crippen molar-refractivity contribution in [2.24, 2.45) is 5.92 Å². The molecule has 2 aliphatic rings. The van der Waals surface area contributed by atoms with E-state index >= 15 is 0 Å². The van der Waals surface area contributed by atoms with Crippen molar-refractivity contribution in [1.82, 2.24) is 15.5 Å². The van der Waals surface area contributed by atoms with Crippen LogP contribution in [0.2, 0.25) is 5.02 Å². The predicted octanol–water partition coefficient (Wildman–Crippen LogP) is 4.73. The van der Waals surface area contributed by atoms with Crippen LogP contribution in [0.5, 0.6) is 0 Å². The number of aromatic nitrogens is 2. The lowest BCUT2D eigenvalue weighted by molar-refractivity contribution is 0.0893. The molecule has 2 aliphatic carbocycles. The third kappa shape index (κ3) is 5.28. The van der Waals surface area contributed by atoms with Gasteiger partial charge in [-0.15, -0.1) is 0 Å². The average molecular weight is 440 g/mol. The molecule has 1 amide bonds. The molecule has 4 rings (SSSR count). The van der Waals surface area contributed by atoms with Crippen LogP contribution in [-0.2, 0) is 12.8 Å². The molecule has 31 heavy (non-hydrogen) atoms. The fourth-order valence-corrected chi connectivity index (χ4v) is 4.96. The van der Waals surface area contributed by atoms with Crippen LogP contribution in [0.4, 0.5) is 0 Å². The largest absolute Gasteiger partial charge is 0.394 e. The topological polar surface area (TPSA) is 78.0 Å². The molecule has 2 aromatic rings. The van der Waals surface area contributed by atoms with Gasteiger partial charge in [0.25, 0.3) is 5.91 Å². The molecular weight excluding hydrogens is 410 g/mol. The number of fused-ring (bicyclic) bond motifs is 1. The number of carbonyl (C=O) groups is 1. The second-order valence-corrected chi connectivity index (χ2v) is 9.01. The third-order valence-corrected chi connectivity index (χ3v) is 6.65. The number of hydrogen-bond acceptors (Lipinski definition) is 3. The van der Waals surface area contributed by atoms with Crippen LogP contribution < -0.4 is 5.32 Å². The molecule has 1 heterocycles. The molecule has 6 heteroatoms. The van der Waals surface area contributed by atoms with Gasteiger partial charge in [0.1, 0.15) is 0 Å². The molecule has 0 saturated carbocycles. The summed E-state index contributed by atoms with van der Waals surface area (Å²) in [6.45, 7) is -0.0986. The number of amides is 1. The second kappa shape index (κ2) is 10.3. The third-order valence-electron chi connectivity index (χ3n) is 6.42. The molecule has 0 fully saturated rings. The van der Waals surface area contributed by atoms with Gasteiger partial charge in [-0.05, 0) is 49.8 Å². The average Bonchev–Trinajstić information content (AvgIpc) is 3.18. The SMILES string of the molecule is O=C(N[C@@H](CO)C1C=CC=CC1)c1n[nH]c2c1CCCCC[C@H]2Cc1cccc(Cl)c1. The van der Waals surface area contributed by atoms with E-state index in [1.807, 2.05) is 36.4 Å². The highest BCUT2D eigenvalue weighted by Gasteiger charge is 2.28. The maximum absolute atomic E-state index is 13.1. The summed E-state index contributed by atoms with van der Waals surface area (Å²) in [6.07, 6.45) is 15.0. The van der Waals surface area contributed by atoms with Crippen molar-refractivity contribution in [3.05, 3.63) is 76.1 Å². The van der Waals surface area contributed by atoms with Crippen molar-refractivity contribution in [2.45, 2.75) is 56.9 Å². The van der Waals surface area contributed by atoms with E-state index in [1.54, 1.807) is 0 Å². The molecular formula is C25H30ClN3O2. The first-order chi connectivity index (χ1) is 15.2. The predicted molar refractivity (Wildman–Crippen MR) is 123 cm³/mol. The molecule has 164 valence electrons. The van der Waals surface area contributed by atoms with Crippen molar-refractivity contribution in [3.8, 4) is 0 Å². The Labute approximate surface area is 188 Å². The Morgan fingerprint density at radius 2 is 2.19 bits per heavy atom. The van der Waals surface area contributed by atoms with E-state index in [2.05, 4.69) is 27.7 Å². The summed E-state index contributed by atoms with van der Waals surface area (Å²) in [5.41, 5.74) is 3.77. The molecule has 0 spiro atoms. The first-order valence-electron chi connectivity index (χ1n) is 11.2. The van der Waals surface area contributed by atoms with Gasteiger partial charge in [0, 0.05) is 28.1 Å². The number of aromatic amines is 1. The van der Waals surface area contributed by atoms with Crippen LogP contribution in [0.15, 0.2) is 48.6 Å². The van der Waals surface area contributed by atoms with Crippen LogP contribution in [0, 0.1) is 5.92 Å². The second-order valence-electron chi connectivity index (χ2n) is 8.57. The lowest BCUT2D eigenvalue weighted by Gasteiger charge is -2.24. The zero-order chi connectivity index (χ0) is 21.6. The Kier molecular flexibility index (Phi) is 7.25. The van der Waals surface area contributed by atoms with Crippen molar-refractivity contribution in [3.63, 3.8) is 0 Å². The number of allylic oxidation sites excluding steroid dienone is 3. The van der Waals surface area contributed by atoms with Crippen LogP contribution in [0.1, 0.15) is 65.3 Å². The Hall–Kier alpha value is -2.37. The lowest BCUT2D eigenvalue weighted by Crippen LogP contribution is -2.43. The quantitative estimate of drug-likeness (QED) is 0.608. The van der Waals surface area contributed by atoms with Gasteiger partial charge in [0.15, 0.2) is 5.69 Å². The number of halogens is 1. The number of hydrogen-bond donors (Lipinski definition) is 3. The molecule has 5 nitrogen and oxygen atoms in total. The number of aliphatic hydroxyl groups is 1. The van der Waals surface area contributed by atoms with E-state index in [9.17, 15) is 9.90 Å². The van der Waals surface area contributed by atoms with Gasteiger partial charge in [-0.2, -0.15) is 5.10 Å². The zero-order valence-corrected chi connectivity index (χ0v) is 18.4. The summed E-state index contributed by atoms with van der Waals surface area (Å²) >= 11 is 6.19. The maximum atomic E-state index is 13.1. The number of nitrogens with one attached hydrogen (secondary N) is 2. The lowest BCUT2D eigenvalue weighted by atomic mass is 9.85. The van der Waals surface area contributed by atoms with Gasteiger partial charge in [0.05, 0.1) is 12.6 Å². The van der Waals surface area contributed by atoms with E-state index < -0.39 is 0 Å². The Morgan fingerprint density at radius 3 is 2.97 bits per heavy atom. The molecule has 0 radical (unpaired) electrons. The van der Waals surface area contributed by atoms with Crippen LogP contribution in [0.3, 0.4) is 0 Å². The fourth-order valence-electron chi connectivity index (χ4n) is 4.75. The van der Waals surface area contributed by atoms with E-state index in [-0.39, 0.29) is 30.4 Å². The van der Waals surface area contributed by atoms with E-state index in [0.717, 1.165) is 54.8 Å². The van der Waals surface area contributed by atoms with E-state index in [0.29, 0.717) is 5.69 Å². The van der Waals surface area contributed by atoms with Gasteiger partial charge < -0.3 is 10.4 Å². The summed E-state index contributed by atoms with van der Waals surface area (Å²) in [5.74, 6) is 0.166. The minimum atomic E-state index is -0.322. The molecule has 0 aliphatic heterocycles. The highest BCUT2D eigenvalue weighted by atomic mass is 35.5. The molecule has 1 aromatic carbocycles. The van der Waals surface area contributed by atoms with Crippen molar-refractivity contribution < 1.29 is 9.90 Å². The number of nitrogens with zero attached hydrogens (tertiary/aromatic N) is 1. The zero-order valence-electron chi connectivity index (χ0n) is 17.7. The fraction of sp³-hybridized carbons (Fsp3) is 0.440. The van der Waals surface area contributed by atoms with Gasteiger partial charge in [0.2, 0.25) is 0 Å². The minimum absolute atomic E-state index is 0.0928. The number of rotatable bonds is 6. The first-order valence-corrected chi connectivity index (χ1v) is 11.6. The summed E-state index contributed by atoms with van der Waals surface area (Å²) in [7, 11) is 0. The Morgan fingerprint density at radius 1 is 1.29 bits per heavy atom. The molecule has 0 bridgehead atoms. The molecule has 0 saturated heterocycles. The summed E-state index contributed by atoms with van der Waals surface area (Å²) < 4.78 is 0. The Balaban J connectivity index is 1.55. The standard InChI is InChI=1S/C25H30ClN3O2/c26-20-12-7-8-17(15-20)14-19-11-5-2-6-13-21-23(19)28-29-24(21)25(31)27-22(16-30)18-9-3-1-4-10-18/h1,3-4,7-9,12,15,18-19,22,30H,2,5-6,10-11,13-14,16H2,(H,27,31)(H,28,29)/t18?,19-,22-/m0/s1. The number of aliphatic hydroxyl groups excluding tert-OH is 1. The van der Waals surface area contributed by atoms with Crippen molar-refractivity contribution in [1.29, 1.82) is 0 Å². The maximum Gasteiger partial charge on any atom is 0.272 e. The van der Waals surface area contributed by atoms with Gasteiger partial charge in [-0.3, -0.25) is 9.89 Å². The van der Waals surface area contributed by atoms with Crippen LogP contribution >= 0.6 is 11.6 Å². The van der Waals surface area contributed by atoms with Crippen molar-refractivity contribution in [2.75, 3.05) is 6.61 Å². The highest BCUT2D eigenvalue weighted by Crippen LogP contribution is 2.33. The molecule has 3 atom stereocenters. The van der Waals surface area contributed by atoms with Crippen LogP contribution in [-0.4, -0.2) is 33.9 Å². The van der Waals surface area contributed by atoms with Gasteiger partial charge in [-0.1, -0.05) is 60.9 Å². The van der Waals surface area contributed by atoms with Crippen LogP contribution in [0.25, 0.3) is 0 Å². The molecule has 1 aromatic heterocycles. The molecule has 3 N–H and O–H groups in total. The summed E-state index contributed by atoms with van der Waals surface area (Å²) in [4.78, 5) is 13.1. The number of benzene rings is 1. The number of H-pyrrole nitrogens is 1. The Bertz CT molecular complexity index is 965. The summed E-state index contributed by atoms with van der Waals surface area (Å²) in [5, 5.41) is 21.3. The summed E-state index contributed by atoms with van der Waals surface area (Å²) in [6, 6.07) is 7.67. The monoisotopic (exact) mass is 439 g/mol.